The van der Waals surface area contributed by atoms with E-state index in [0.29, 0.717) is 28.7 Å². The molecule has 0 aliphatic rings. The molecule has 0 aliphatic heterocycles. The number of nitrogens with zero attached hydrogens (tertiary/aromatic N) is 2. The van der Waals surface area contributed by atoms with Gasteiger partial charge in [-0.15, -0.1) is 24.9 Å². The number of carbonyl (C=O) groups is 1. The van der Waals surface area contributed by atoms with Crippen LogP contribution in [0.5, 0.6) is 0 Å². The fourth-order valence-electron chi connectivity index (χ4n) is 1.65. The predicted octanol–water partition coefficient (Wildman–Crippen LogP) is 2.32. The molecular formula is C15H19N3O2S2. The minimum atomic E-state index is -0.454. The second-order valence-electron chi connectivity index (χ2n) is 4.20. The Morgan fingerprint density at radius 1 is 1.41 bits per heavy atom. The Kier molecular flexibility index (Phi) is 7.76. The molecule has 0 unspecified atom stereocenters. The normalized spacial score (nSPS) is 10.8. The number of rotatable bonds is 9. The van der Waals surface area contributed by atoms with Crippen molar-refractivity contribution in [3.63, 3.8) is 0 Å². The molecule has 1 amide bonds. The van der Waals surface area contributed by atoms with E-state index in [2.05, 4.69) is 18.1 Å². The van der Waals surface area contributed by atoms with Crippen molar-refractivity contribution in [1.82, 2.24) is 9.55 Å². The maximum atomic E-state index is 12.7. The lowest BCUT2D eigenvalue weighted by Crippen LogP contribution is -2.26. The molecule has 22 heavy (non-hydrogen) atoms. The zero-order chi connectivity index (χ0) is 16.5. The molecule has 0 bridgehead atoms. The summed E-state index contributed by atoms with van der Waals surface area (Å²) in [4.78, 5) is 28.1. The van der Waals surface area contributed by atoms with Crippen LogP contribution < -0.4 is 11.3 Å². The highest BCUT2D eigenvalue weighted by molar-refractivity contribution is 8.00. The maximum absolute atomic E-state index is 12.7. The Morgan fingerprint density at radius 3 is 2.68 bits per heavy atom. The SMILES string of the molecule is C=CC/C=C/c1c(SC)nc(SCC(N)=O)n(CC=C)c1=O. The molecule has 0 radical (unpaired) electrons. The molecule has 0 saturated carbocycles. The molecule has 0 aromatic carbocycles. The lowest BCUT2D eigenvalue weighted by molar-refractivity contribution is -0.115. The number of amides is 1. The topological polar surface area (TPSA) is 78.0 Å². The van der Waals surface area contributed by atoms with E-state index in [1.807, 2.05) is 12.3 Å². The van der Waals surface area contributed by atoms with Gasteiger partial charge in [-0.3, -0.25) is 14.2 Å². The molecule has 0 spiro atoms. The van der Waals surface area contributed by atoms with Crippen LogP contribution in [0.25, 0.3) is 6.08 Å². The first-order valence-electron chi connectivity index (χ1n) is 6.53. The van der Waals surface area contributed by atoms with E-state index in [-0.39, 0.29) is 11.3 Å². The summed E-state index contributed by atoms with van der Waals surface area (Å²) in [6.07, 6.45) is 9.51. The number of hydrogen-bond donors (Lipinski definition) is 1. The van der Waals surface area contributed by atoms with Crippen molar-refractivity contribution in [3.05, 3.63) is 47.3 Å². The molecule has 0 atom stereocenters. The Hall–Kier alpha value is -1.73. The molecule has 2 N–H and O–H groups in total. The minimum absolute atomic E-state index is 0.0725. The van der Waals surface area contributed by atoms with Gasteiger partial charge in [-0.25, -0.2) is 4.98 Å². The molecular weight excluding hydrogens is 318 g/mol. The summed E-state index contributed by atoms with van der Waals surface area (Å²) < 4.78 is 1.49. The predicted molar refractivity (Wildman–Crippen MR) is 94.2 cm³/mol. The number of thioether (sulfide) groups is 2. The van der Waals surface area contributed by atoms with E-state index < -0.39 is 5.91 Å². The largest absolute Gasteiger partial charge is 0.369 e. The molecule has 1 aromatic heterocycles. The highest BCUT2D eigenvalue weighted by Crippen LogP contribution is 2.22. The van der Waals surface area contributed by atoms with Crippen LogP contribution in [0.3, 0.4) is 0 Å². The van der Waals surface area contributed by atoms with E-state index in [4.69, 9.17) is 5.73 Å². The maximum Gasteiger partial charge on any atom is 0.262 e. The number of aromatic nitrogens is 2. The Labute approximate surface area is 138 Å². The van der Waals surface area contributed by atoms with Crippen LogP contribution in [0.1, 0.15) is 12.0 Å². The van der Waals surface area contributed by atoms with Gasteiger partial charge in [0.15, 0.2) is 5.16 Å². The van der Waals surface area contributed by atoms with Crippen molar-refractivity contribution in [2.45, 2.75) is 23.1 Å². The molecule has 1 heterocycles. The first kappa shape index (κ1) is 18.3. The van der Waals surface area contributed by atoms with Gasteiger partial charge in [0.2, 0.25) is 5.91 Å². The molecule has 0 saturated heterocycles. The van der Waals surface area contributed by atoms with Crippen LogP contribution in [0.15, 0.2) is 46.4 Å². The van der Waals surface area contributed by atoms with E-state index in [1.54, 1.807) is 18.2 Å². The average molecular weight is 337 g/mol. The van der Waals surface area contributed by atoms with E-state index in [9.17, 15) is 9.59 Å². The van der Waals surface area contributed by atoms with Crippen LogP contribution in [-0.4, -0.2) is 27.5 Å². The molecule has 1 rings (SSSR count). The van der Waals surface area contributed by atoms with Crippen LogP contribution >= 0.6 is 23.5 Å². The van der Waals surface area contributed by atoms with Gasteiger partial charge >= 0.3 is 0 Å². The second kappa shape index (κ2) is 9.32. The third-order valence-electron chi connectivity index (χ3n) is 2.57. The highest BCUT2D eigenvalue weighted by atomic mass is 32.2. The third kappa shape index (κ3) is 4.92. The van der Waals surface area contributed by atoms with Gasteiger partial charge in [0.05, 0.1) is 11.3 Å². The minimum Gasteiger partial charge on any atom is -0.369 e. The standard InChI is InChI=1S/C15H19N3O2S2/c1-4-6-7-8-11-13(21-3)17-15(22-10-12(16)19)18(9-5-2)14(11)20/h4-5,7-8H,1-2,6,9-10H2,3H3,(H2,16,19)/b8-7+. The molecule has 0 aliphatic carbocycles. The number of nitrogens with two attached hydrogens (primary N) is 1. The van der Waals surface area contributed by atoms with Crippen molar-refractivity contribution < 1.29 is 4.79 Å². The van der Waals surface area contributed by atoms with E-state index in [0.717, 1.165) is 11.8 Å². The van der Waals surface area contributed by atoms with Gasteiger partial charge in [0.25, 0.3) is 5.56 Å². The number of carbonyl (C=O) groups excluding carboxylic acids is 1. The number of hydrogen-bond acceptors (Lipinski definition) is 5. The van der Waals surface area contributed by atoms with Gasteiger partial charge in [-0.1, -0.05) is 36.1 Å². The van der Waals surface area contributed by atoms with Crippen LogP contribution in [0.4, 0.5) is 0 Å². The molecule has 1 aromatic rings. The zero-order valence-electron chi connectivity index (χ0n) is 12.4. The summed E-state index contributed by atoms with van der Waals surface area (Å²) in [5, 5.41) is 1.09. The van der Waals surface area contributed by atoms with Crippen molar-refractivity contribution in [2.24, 2.45) is 5.73 Å². The summed E-state index contributed by atoms with van der Waals surface area (Å²) in [5.41, 5.74) is 5.53. The van der Waals surface area contributed by atoms with Crippen molar-refractivity contribution in [3.8, 4) is 0 Å². The summed E-state index contributed by atoms with van der Waals surface area (Å²) in [7, 11) is 0. The van der Waals surface area contributed by atoms with Crippen LogP contribution in [-0.2, 0) is 11.3 Å². The van der Waals surface area contributed by atoms with Gasteiger partial charge < -0.3 is 5.73 Å². The molecule has 118 valence electrons. The third-order valence-corrected chi connectivity index (χ3v) is 4.27. The van der Waals surface area contributed by atoms with Gasteiger partial charge in [0, 0.05) is 6.54 Å². The lowest BCUT2D eigenvalue weighted by atomic mass is 10.2. The average Bonchev–Trinajstić information content (AvgIpc) is 2.49. The zero-order valence-corrected chi connectivity index (χ0v) is 14.1. The highest BCUT2D eigenvalue weighted by Gasteiger charge is 2.14. The fourth-order valence-corrected chi connectivity index (χ4v) is 3.00. The summed E-state index contributed by atoms with van der Waals surface area (Å²) in [6, 6.07) is 0. The fraction of sp³-hybridized carbons (Fsp3) is 0.267. The quantitative estimate of drug-likeness (QED) is 0.324. The Morgan fingerprint density at radius 2 is 2.14 bits per heavy atom. The summed E-state index contributed by atoms with van der Waals surface area (Å²) in [5.74, 6) is -0.381. The molecule has 5 nitrogen and oxygen atoms in total. The van der Waals surface area contributed by atoms with E-state index >= 15 is 0 Å². The number of allylic oxidation sites excluding steroid dienone is 3. The van der Waals surface area contributed by atoms with Crippen molar-refractivity contribution >= 4 is 35.5 Å². The molecule has 0 fully saturated rings. The molecule has 7 heteroatoms. The Balaban J connectivity index is 3.37. The van der Waals surface area contributed by atoms with Gasteiger partial charge in [-0.2, -0.15) is 0 Å². The monoisotopic (exact) mass is 337 g/mol. The Bertz CT molecular complexity index is 651. The summed E-state index contributed by atoms with van der Waals surface area (Å²) in [6.45, 7) is 7.62. The van der Waals surface area contributed by atoms with Gasteiger partial charge in [-0.05, 0) is 12.7 Å². The smallest absolute Gasteiger partial charge is 0.262 e. The van der Waals surface area contributed by atoms with Crippen molar-refractivity contribution in [2.75, 3.05) is 12.0 Å². The lowest BCUT2D eigenvalue weighted by Gasteiger charge is -2.12. The first-order chi connectivity index (χ1) is 10.5. The van der Waals surface area contributed by atoms with Crippen LogP contribution in [0, 0.1) is 0 Å². The van der Waals surface area contributed by atoms with E-state index in [1.165, 1.54) is 16.3 Å². The van der Waals surface area contributed by atoms with Gasteiger partial charge in [0.1, 0.15) is 5.03 Å². The van der Waals surface area contributed by atoms with Crippen molar-refractivity contribution in [1.29, 1.82) is 0 Å². The summed E-state index contributed by atoms with van der Waals surface area (Å²) >= 11 is 2.54. The number of primary amides is 1. The second-order valence-corrected chi connectivity index (χ2v) is 5.94. The van der Waals surface area contributed by atoms with Crippen LogP contribution in [0.2, 0.25) is 0 Å². The first-order valence-corrected chi connectivity index (χ1v) is 8.74.